The van der Waals surface area contributed by atoms with Crippen LogP contribution < -0.4 is 5.73 Å². The van der Waals surface area contributed by atoms with Gasteiger partial charge in [0, 0.05) is 12.3 Å². The van der Waals surface area contributed by atoms with E-state index in [1.54, 1.807) is 0 Å². The SMILES string of the molecule is NCc1cc(F)cc(CSc2nc3ccccc3o2)c1. The lowest BCUT2D eigenvalue weighted by molar-refractivity contribution is 0.489. The summed E-state index contributed by atoms with van der Waals surface area (Å²) in [4.78, 5) is 4.37. The predicted octanol–water partition coefficient (Wildman–Crippen LogP) is 3.72. The number of benzene rings is 2. The van der Waals surface area contributed by atoms with Gasteiger partial charge in [0.05, 0.1) is 0 Å². The number of hydrogen-bond donors (Lipinski definition) is 1. The second-order valence-electron chi connectivity index (χ2n) is 4.41. The van der Waals surface area contributed by atoms with Gasteiger partial charge in [0.2, 0.25) is 0 Å². The summed E-state index contributed by atoms with van der Waals surface area (Å²) in [5, 5.41) is 0.588. The molecule has 0 aliphatic heterocycles. The van der Waals surface area contributed by atoms with Gasteiger partial charge in [-0.1, -0.05) is 30.0 Å². The maximum atomic E-state index is 13.4. The van der Waals surface area contributed by atoms with E-state index < -0.39 is 0 Å². The van der Waals surface area contributed by atoms with Gasteiger partial charge in [-0.25, -0.2) is 9.37 Å². The topological polar surface area (TPSA) is 52.0 Å². The zero-order valence-corrected chi connectivity index (χ0v) is 11.5. The fraction of sp³-hybridized carbons (Fsp3) is 0.133. The predicted molar refractivity (Wildman–Crippen MR) is 77.9 cm³/mol. The summed E-state index contributed by atoms with van der Waals surface area (Å²) in [5.74, 6) is 0.332. The van der Waals surface area contributed by atoms with Crippen LogP contribution in [0.5, 0.6) is 0 Å². The number of fused-ring (bicyclic) bond motifs is 1. The van der Waals surface area contributed by atoms with E-state index in [0.717, 1.165) is 22.2 Å². The molecule has 2 aromatic carbocycles. The zero-order chi connectivity index (χ0) is 13.9. The molecule has 5 heteroatoms. The van der Waals surface area contributed by atoms with Gasteiger partial charge in [0.15, 0.2) is 5.58 Å². The summed E-state index contributed by atoms with van der Waals surface area (Å²) in [7, 11) is 0. The lowest BCUT2D eigenvalue weighted by Gasteiger charge is -2.03. The highest BCUT2D eigenvalue weighted by atomic mass is 32.2. The number of oxazole rings is 1. The Morgan fingerprint density at radius 2 is 1.95 bits per heavy atom. The van der Waals surface area contributed by atoms with Gasteiger partial charge in [-0.3, -0.25) is 0 Å². The molecular formula is C15H13FN2OS. The van der Waals surface area contributed by atoms with Crippen LogP contribution in [0.3, 0.4) is 0 Å². The molecular weight excluding hydrogens is 275 g/mol. The van der Waals surface area contributed by atoms with E-state index in [1.165, 1.54) is 23.9 Å². The van der Waals surface area contributed by atoms with E-state index in [1.807, 2.05) is 30.3 Å². The molecule has 0 unspecified atom stereocenters. The summed E-state index contributed by atoms with van der Waals surface area (Å²) in [6, 6.07) is 12.5. The fourth-order valence-corrected chi connectivity index (χ4v) is 2.74. The molecule has 102 valence electrons. The Bertz CT molecular complexity index is 709. The molecule has 20 heavy (non-hydrogen) atoms. The van der Waals surface area contributed by atoms with E-state index in [9.17, 15) is 4.39 Å². The van der Waals surface area contributed by atoms with Gasteiger partial charge in [0.25, 0.3) is 5.22 Å². The van der Waals surface area contributed by atoms with Crippen LogP contribution in [-0.4, -0.2) is 4.98 Å². The van der Waals surface area contributed by atoms with Crippen molar-refractivity contribution in [1.82, 2.24) is 4.98 Å². The minimum absolute atomic E-state index is 0.263. The molecule has 0 aliphatic carbocycles. The molecule has 0 aliphatic rings. The van der Waals surface area contributed by atoms with Crippen LogP contribution in [0.1, 0.15) is 11.1 Å². The lowest BCUT2D eigenvalue weighted by atomic mass is 10.1. The molecule has 1 heterocycles. The Hall–Kier alpha value is -1.85. The number of halogens is 1. The summed E-state index contributed by atoms with van der Waals surface area (Å²) in [6.45, 7) is 0.332. The van der Waals surface area contributed by atoms with Crippen LogP contribution in [0, 0.1) is 5.82 Å². The number of aromatic nitrogens is 1. The quantitative estimate of drug-likeness (QED) is 0.743. The van der Waals surface area contributed by atoms with Crippen molar-refractivity contribution in [3.63, 3.8) is 0 Å². The lowest BCUT2D eigenvalue weighted by Crippen LogP contribution is -1.98. The molecule has 0 fully saturated rings. The van der Waals surface area contributed by atoms with Gasteiger partial charge in [0.1, 0.15) is 11.3 Å². The first-order chi connectivity index (χ1) is 9.74. The Morgan fingerprint density at radius 3 is 2.75 bits per heavy atom. The maximum Gasteiger partial charge on any atom is 0.257 e. The molecule has 0 saturated carbocycles. The van der Waals surface area contributed by atoms with Gasteiger partial charge >= 0.3 is 0 Å². The summed E-state index contributed by atoms with van der Waals surface area (Å²) < 4.78 is 19.0. The third kappa shape index (κ3) is 2.84. The number of nitrogens with zero attached hydrogens (tertiary/aromatic N) is 1. The highest BCUT2D eigenvalue weighted by molar-refractivity contribution is 7.98. The number of nitrogens with two attached hydrogens (primary N) is 1. The number of thioether (sulfide) groups is 1. The van der Waals surface area contributed by atoms with Crippen molar-refractivity contribution in [3.05, 3.63) is 59.4 Å². The first-order valence-electron chi connectivity index (χ1n) is 6.21. The second-order valence-corrected chi connectivity index (χ2v) is 5.33. The van der Waals surface area contributed by atoms with Crippen molar-refractivity contribution in [2.75, 3.05) is 0 Å². The Balaban J connectivity index is 1.77. The molecule has 3 rings (SSSR count). The van der Waals surface area contributed by atoms with Crippen molar-refractivity contribution >= 4 is 22.9 Å². The van der Waals surface area contributed by atoms with Crippen LogP contribution in [0.15, 0.2) is 52.1 Å². The highest BCUT2D eigenvalue weighted by Crippen LogP contribution is 2.26. The third-order valence-electron chi connectivity index (χ3n) is 2.89. The molecule has 0 spiro atoms. The normalized spacial score (nSPS) is 11.1. The number of rotatable bonds is 4. The van der Waals surface area contributed by atoms with E-state index in [2.05, 4.69) is 4.98 Å². The van der Waals surface area contributed by atoms with Crippen molar-refractivity contribution in [2.24, 2.45) is 5.73 Å². The smallest absolute Gasteiger partial charge is 0.257 e. The first-order valence-corrected chi connectivity index (χ1v) is 7.20. The average molecular weight is 288 g/mol. The number of hydrogen-bond acceptors (Lipinski definition) is 4. The molecule has 3 aromatic rings. The Labute approximate surface area is 120 Å². The van der Waals surface area contributed by atoms with Crippen LogP contribution in [0.2, 0.25) is 0 Å². The molecule has 0 amide bonds. The molecule has 0 radical (unpaired) electrons. The average Bonchev–Trinajstić information content (AvgIpc) is 2.87. The van der Waals surface area contributed by atoms with Crippen molar-refractivity contribution in [2.45, 2.75) is 17.5 Å². The monoisotopic (exact) mass is 288 g/mol. The molecule has 0 bridgehead atoms. The van der Waals surface area contributed by atoms with E-state index in [4.69, 9.17) is 10.2 Å². The largest absolute Gasteiger partial charge is 0.431 e. The third-order valence-corrected chi connectivity index (χ3v) is 3.79. The van der Waals surface area contributed by atoms with Gasteiger partial charge in [-0.2, -0.15) is 0 Å². The first kappa shape index (κ1) is 13.1. The fourth-order valence-electron chi connectivity index (χ4n) is 1.98. The molecule has 0 saturated heterocycles. The van der Waals surface area contributed by atoms with Crippen LogP contribution in [0.25, 0.3) is 11.1 Å². The van der Waals surface area contributed by atoms with Gasteiger partial charge in [-0.05, 0) is 35.4 Å². The van der Waals surface area contributed by atoms with Crippen molar-refractivity contribution < 1.29 is 8.81 Å². The van der Waals surface area contributed by atoms with E-state index in [-0.39, 0.29) is 5.82 Å². The van der Waals surface area contributed by atoms with Crippen LogP contribution in [0.4, 0.5) is 4.39 Å². The Morgan fingerprint density at radius 1 is 1.15 bits per heavy atom. The minimum atomic E-state index is -0.263. The second kappa shape index (κ2) is 5.64. The minimum Gasteiger partial charge on any atom is -0.431 e. The molecule has 1 aromatic heterocycles. The van der Waals surface area contributed by atoms with Crippen LogP contribution in [-0.2, 0) is 12.3 Å². The molecule has 2 N–H and O–H groups in total. The zero-order valence-electron chi connectivity index (χ0n) is 10.7. The van der Waals surface area contributed by atoms with E-state index in [0.29, 0.717) is 17.5 Å². The summed E-state index contributed by atoms with van der Waals surface area (Å²) in [6.07, 6.45) is 0. The standard InChI is InChI=1S/C15H13FN2OS/c16-12-6-10(8-17)5-11(7-12)9-20-15-18-13-3-1-2-4-14(13)19-15/h1-7H,8-9,17H2. The number of para-hydroxylation sites is 2. The highest BCUT2D eigenvalue weighted by Gasteiger charge is 2.07. The molecule has 3 nitrogen and oxygen atoms in total. The van der Waals surface area contributed by atoms with E-state index >= 15 is 0 Å². The maximum absolute atomic E-state index is 13.4. The summed E-state index contributed by atoms with van der Waals surface area (Å²) >= 11 is 1.44. The van der Waals surface area contributed by atoms with Crippen molar-refractivity contribution in [1.29, 1.82) is 0 Å². The van der Waals surface area contributed by atoms with Gasteiger partial charge < -0.3 is 10.2 Å². The van der Waals surface area contributed by atoms with Gasteiger partial charge in [-0.15, -0.1) is 0 Å². The summed E-state index contributed by atoms with van der Waals surface area (Å²) in [5.41, 5.74) is 8.80. The molecule has 0 atom stereocenters. The van der Waals surface area contributed by atoms with Crippen molar-refractivity contribution in [3.8, 4) is 0 Å². The Kier molecular flexibility index (Phi) is 3.71. The van der Waals surface area contributed by atoms with Crippen LogP contribution >= 0.6 is 11.8 Å².